The number of hydrogen-bond donors (Lipinski definition) is 1. The van der Waals surface area contributed by atoms with Gasteiger partial charge >= 0.3 is 0 Å². The highest BCUT2D eigenvalue weighted by atomic mass is 32.2. The van der Waals surface area contributed by atoms with Crippen LogP contribution in [0.5, 0.6) is 0 Å². The van der Waals surface area contributed by atoms with Gasteiger partial charge in [-0.15, -0.1) is 0 Å². The number of carbonyl (C=O) groups is 2. The van der Waals surface area contributed by atoms with Crippen molar-refractivity contribution in [2.45, 2.75) is 54.1 Å². The molecule has 0 unspecified atom stereocenters. The molecule has 0 aliphatic heterocycles. The maximum absolute atomic E-state index is 13.6. The third kappa shape index (κ3) is 7.32. The van der Waals surface area contributed by atoms with Crippen molar-refractivity contribution in [3.63, 3.8) is 0 Å². The van der Waals surface area contributed by atoms with E-state index < -0.39 is 28.5 Å². The van der Waals surface area contributed by atoms with Crippen molar-refractivity contribution in [3.05, 3.63) is 64.7 Å². The summed E-state index contributed by atoms with van der Waals surface area (Å²) in [6.07, 6.45) is 1.09. The Labute approximate surface area is 204 Å². The fourth-order valence-corrected chi connectivity index (χ4v) is 4.59. The molecule has 0 aliphatic rings. The number of benzene rings is 2. The van der Waals surface area contributed by atoms with Crippen LogP contribution < -0.4 is 9.62 Å². The molecule has 0 aromatic heterocycles. The number of amides is 2. The van der Waals surface area contributed by atoms with E-state index in [9.17, 15) is 18.0 Å². The van der Waals surface area contributed by atoms with Crippen LogP contribution in [0.4, 0.5) is 5.69 Å². The molecule has 8 heteroatoms. The Kier molecular flexibility index (Phi) is 9.27. The molecule has 0 saturated carbocycles. The van der Waals surface area contributed by atoms with Crippen LogP contribution in [0.1, 0.15) is 43.0 Å². The van der Waals surface area contributed by atoms with Gasteiger partial charge in [0.15, 0.2) is 0 Å². The molecule has 2 aromatic carbocycles. The minimum absolute atomic E-state index is 0.201. The van der Waals surface area contributed by atoms with Crippen molar-refractivity contribution in [1.82, 2.24) is 10.2 Å². The Morgan fingerprint density at radius 2 is 1.62 bits per heavy atom. The van der Waals surface area contributed by atoms with Crippen LogP contribution >= 0.6 is 0 Å². The van der Waals surface area contributed by atoms with Gasteiger partial charge in [0.1, 0.15) is 12.6 Å². The smallest absolute Gasteiger partial charge is 0.244 e. The van der Waals surface area contributed by atoms with Gasteiger partial charge in [-0.2, -0.15) is 0 Å². The molecule has 0 radical (unpaired) electrons. The highest BCUT2D eigenvalue weighted by Crippen LogP contribution is 2.24. The monoisotopic (exact) mass is 487 g/mol. The predicted molar refractivity (Wildman–Crippen MR) is 137 cm³/mol. The highest BCUT2D eigenvalue weighted by molar-refractivity contribution is 7.92. The van der Waals surface area contributed by atoms with Gasteiger partial charge in [0.2, 0.25) is 21.8 Å². The molecule has 2 amide bonds. The third-order valence-electron chi connectivity index (χ3n) is 5.75. The van der Waals surface area contributed by atoms with Crippen molar-refractivity contribution < 1.29 is 18.0 Å². The van der Waals surface area contributed by atoms with Crippen molar-refractivity contribution >= 4 is 27.5 Å². The van der Waals surface area contributed by atoms with E-state index in [4.69, 9.17) is 0 Å². The Morgan fingerprint density at radius 1 is 0.971 bits per heavy atom. The maximum Gasteiger partial charge on any atom is 0.244 e. The molecule has 34 heavy (non-hydrogen) atoms. The van der Waals surface area contributed by atoms with Crippen LogP contribution in [0, 0.1) is 26.7 Å². The van der Waals surface area contributed by atoms with Gasteiger partial charge in [0, 0.05) is 13.1 Å². The van der Waals surface area contributed by atoms with Crippen LogP contribution in [0.15, 0.2) is 42.5 Å². The fraction of sp³-hybridized carbons (Fsp3) is 0.462. The Morgan fingerprint density at radius 3 is 2.18 bits per heavy atom. The van der Waals surface area contributed by atoms with E-state index in [1.165, 1.54) is 4.90 Å². The number of rotatable bonds is 10. The molecular formula is C26H37N3O4S. The lowest BCUT2D eigenvalue weighted by molar-refractivity contribution is -0.139. The van der Waals surface area contributed by atoms with Crippen molar-refractivity contribution in [2.24, 2.45) is 5.92 Å². The summed E-state index contributed by atoms with van der Waals surface area (Å²) in [5.41, 5.74) is 4.10. The second-order valence-corrected chi connectivity index (χ2v) is 11.2. The zero-order valence-corrected chi connectivity index (χ0v) is 22.1. The average molecular weight is 488 g/mol. The number of aryl methyl sites for hydroxylation is 3. The summed E-state index contributed by atoms with van der Waals surface area (Å²) < 4.78 is 26.5. The zero-order valence-electron chi connectivity index (χ0n) is 21.3. The lowest BCUT2D eigenvalue weighted by Crippen LogP contribution is -2.51. The van der Waals surface area contributed by atoms with E-state index in [1.54, 1.807) is 13.0 Å². The summed E-state index contributed by atoms with van der Waals surface area (Å²) in [7, 11) is -3.75. The topological polar surface area (TPSA) is 86.8 Å². The lowest BCUT2D eigenvalue weighted by Gasteiger charge is -2.32. The molecule has 0 fully saturated rings. The lowest BCUT2D eigenvalue weighted by atomic mass is 10.1. The van der Waals surface area contributed by atoms with Gasteiger partial charge in [-0.25, -0.2) is 8.42 Å². The minimum Gasteiger partial charge on any atom is -0.354 e. The van der Waals surface area contributed by atoms with Gasteiger partial charge in [-0.1, -0.05) is 55.8 Å². The first-order chi connectivity index (χ1) is 15.8. The first-order valence-corrected chi connectivity index (χ1v) is 13.3. The summed E-state index contributed by atoms with van der Waals surface area (Å²) in [6, 6.07) is 12.3. The van der Waals surface area contributed by atoms with E-state index in [1.807, 2.05) is 71.0 Å². The number of nitrogens with one attached hydrogen (secondary N) is 1. The Hall–Kier alpha value is -2.87. The molecular weight excluding hydrogens is 450 g/mol. The van der Waals surface area contributed by atoms with Crippen molar-refractivity contribution in [1.29, 1.82) is 0 Å². The molecule has 0 saturated heterocycles. The Balaban J connectivity index is 2.41. The fourth-order valence-electron chi connectivity index (χ4n) is 3.69. The summed E-state index contributed by atoms with van der Waals surface area (Å²) >= 11 is 0. The van der Waals surface area contributed by atoms with Crippen molar-refractivity contribution in [2.75, 3.05) is 23.7 Å². The molecule has 0 aliphatic carbocycles. The summed E-state index contributed by atoms with van der Waals surface area (Å²) in [4.78, 5) is 27.9. The average Bonchev–Trinajstić information content (AvgIpc) is 2.74. The predicted octanol–water partition coefficient (Wildman–Crippen LogP) is 3.57. The summed E-state index contributed by atoms with van der Waals surface area (Å²) in [5.74, 6) is -0.448. The van der Waals surface area contributed by atoms with Crippen LogP contribution in [-0.2, 0) is 26.2 Å². The molecule has 2 rings (SSSR count). The molecule has 2 aromatic rings. The van der Waals surface area contributed by atoms with E-state index in [2.05, 4.69) is 5.32 Å². The van der Waals surface area contributed by atoms with E-state index in [-0.39, 0.29) is 18.4 Å². The van der Waals surface area contributed by atoms with Crippen LogP contribution in [0.2, 0.25) is 0 Å². The Bertz CT molecular complexity index is 1130. The molecule has 0 heterocycles. The number of nitrogens with zero attached hydrogens (tertiary/aromatic N) is 2. The maximum atomic E-state index is 13.6. The first kappa shape index (κ1) is 27.4. The summed E-state index contributed by atoms with van der Waals surface area (Å²) in [6.45, 7) is 11.7. The minimum atomic E-state index is -3.75. The second-order valence-electron chi connectivity index (χ2n) is 9.32. The highest BCUT2D eigenvalue weighted by Gasteiger charge is 2.30. The van der Waals surface area contributed by atoms with Crippen molar-refractivity contribution in [3.8, 4) is 0 Å². The van der Waals surface area contributed by atoms with Gasteiger partial charge in [-0.3, -0.25) is 13.9 Å². The summed E-state index contributed by atoms with van der Waals surface area (Å²) in [5, 5.41) is 2.88. The van der Waals surface area contributed by atoms with Gasteiger partial charge in [0.05, 0.1) is 11.9 Å². The second kappa shape index (κ2) is 11.5. The SMILES string of the molecule is Cc1ccc(N(CC(=O)N(Cc2ccccc2C)[C@H](C)C(=O)NCC(C)C)S(C)(=O)=O)c(C)c1. The van der Waals surface area contributed by atoms with E-state index in [0.29, 0.717) is 12.2 Å². The first-order valence-electron chi connectivity index (χ1n) is 11.5. The van der Waals surface area contributed by atoms with Crippen LogP contribution in [0.3, 0.4) is 0 Å². The molecule has 7 nitrogen and oxygen atoms in total. The molecule has 0 bridgehead atoms. The third-order valence-corrected chi connectivity index (χ3v) is 6.88. The molecule has 1 N–H and O–H groups in total. The largest absolute Gasteiger partial charge is 0.354 e. The van der Waals surface area contributed by atoms with E-state index >= 15 is 0 Å². The number of anilines is 1. The molecule has 1 atom stereocenters. The van der Waals surface area contributed by atoms with E-state index in [0.717, 1.165) is 32.8 Å². The van der Waals surface area contributed by atoms with Gasteiger partial charge in [-0.05, 0) is 56.4 Å². The molecule has 0 spiro atoms. The quantitative estimate of drug-likeness (QED) is 0.555. The van der Waals surface area contributed by atoms with Crippen LogP contribution in [-0.4, -0.2) is 50.5 Å². The standard InChI is InChI=1S/C26H37N3O4S/c1-18(2)15-27-26(31)22(6)28(16-23-11-9-8-10-20(23)4)25(30)17-29(34(7,32)33)24-13-12-19(3)14-21(24)5/h8-14,18,22H,15-17H2,1-7H3,(H,27,31)/t22-/m1/s1. The number of hydrogen-bond acceptors (Lipinski definition) is 4. The number of carbonyl (C=O) groups excluding carboxylic acids is 2. The van der Waals surface area contributed by atoms with Crippen LogP contribution in [0.25, 0.3) is 0 Å². The normalized spacial score (nSPS) is 12.4. The van der Waals surface area contributed by atoms with Gasteiger partial charge < -0.3 is 10.2 Å². The zero-order chi connectivity index (χ0) is 25.6. The van der Waals surface area contributed by atoms with Gasteiger partial charge in [0.25, 0.3) is 0 Å². The molecule has 186 valence electrons. The number of sulfonamides is 1.